The van der Waals surface area contributed by atoms with E-state index >= 15 is 0 Å². The standard InChI is InChI=1S/C22H28N4O/c27-22(26-13-11-25(12-14-26)21-6-9-23-10-7-21)16-19-3-1-18(2-4-19)15-20-5-8-24-17-20/h1-4,6-7,9-10,20,24H,5,8,11-17H2. The van der Waals surface area contributed by atoms with Gasteiger partial charge in [-0.1, -0.05) is 24.3 Å². The van der Waals surface area contributed by atoms with Crippen molar-refractivity contribution in [2.45, 2.75) is 19.3 Å². The van der Waals surface area contributed by atoms with Crippen LogP contribution in [0.25, 0.3) is 0 Å². The molecule has 1 aromatic heterocycles. The molecule has 5 heteroatoms. The number of pyridine rings is 1. The fourth-order valence-electron chi connectivity index (χ4n) is 4.07. The van der Waals surface area contributed by atoms with E-state index in [1.165, 1.54) is 17.7 Å². The number of amides is 1. The van der Waals surface area contributed by atoms with E-state index in [9.17, 15) is 4.79 Å². The average Bonchev–Trinajstić information content (AvgIpc) is 3.23. The molecule has 1 N–H and O–H groups in total. The molecule has 142 valence electrons. The van der Waals surface area contributed by atoms with Crippen molar-refractivity contribution in [3.8, 4) is 0 Å². The minimum Gasteiger partial charge on any atom is -0.368 e. The molecule has 2 fully saturated rings. The zero-order chi connectivity index (χ0) is 18.5. The molecule has 2 aliphatic heterocycles. The zero-order valence-electron chi connectivity index (χ0n) is 15.8. The first kappa shape index (κ1) is 18.0. The van der Waals surface area contributed by atoms with Gasteiger partial charge in [0.05, 0.1) is 6.42 Å². The first-order valence-electron chi connectivity index (χ1n) is 9.99. The summed E-state index contributed by atoms with van der Waals surface area (Å²) >= 11 is 0. The quantitative estimate of drug-likeness (QED) is 0.883. The van der Waals surface area contributed by atoms with E-state index in [1.54, 1.807) is 0 Å². The van der Waals surface area contributed by atoms with Crippen molar-refractivity contribution in [2.75, 3.05) is 44.2 Å². The maximum Gasteiger partial charge on any atom is 0.227 e. The van der Waals surface area contributed by atoms with Crippen LogP contribution in [-0.2, 0) is 17.6 Å². The van der Waals surface area contributed by atoms with E-state index in [0.29, 0.717) is 6.42 Å². The van der Waals surface area contributed by atoms with E-state index in [1.807, 2.05) is 29.4 Å². The van der Waals surface area contributed by atoms with Gasteiger partial charge in [0.25, 0.3) is 0 Å². The molecule has 0 aliphatic carbocycles. The van der Waals surface area contributed by atoms with Crippen molar-refractivity contribution in [1.82, 2.24) is 15.2 Å². The zero-order valence-corrected chi connectivity index (χ0v) is 15.8. The molecule has 3 heterocycles. The Balaban J connectivity index is 1.26. The van der Waals surface area contributed by atoms with Crippen molar-refractivity contribution in [1.29, 1.82) is 0 Å². The largest absolute Gasteiger partial charge is 0.368 e. The van der Waals surface area contributed by atoms with E-state index < -0.39 is 0 Å². The highest BCUT2D eigenvalue weighted by Crippen LogP contribution is 2.17. The second-order valence-electron chi connectivity index (χ2n) is 7.63. The fraction of sp³-hybridized carbons (Fsp3) is 0.455. The van der Waals surface area contributed by atoms with Crippen molar-refractivity contribution >= 4 is 11.6 Å². The van der Waals surface area contributed by atoms with Crippen LogP contribution in [0, 0.1) is 5.92 Å². The summed E-state index contributed by atoms with van der Waals surface area (Å²) in [6.07, 6.45) is 6.55. The van der Waals surface area contributed by atoms with E-state index in [4.69, 9.17) is 0 Å². The lowest BCUT2D eigenvalue weighted by Gasteiger charge is -2.36. The van der Waals surface area contributed by atoms with Gasteiger partial charge in [0.15, 0.2) is 0 Å². The van der Waals surface area contributed by atoms with E-state index in [0.717, 1.165) is 57.2 Å². The second kappa shape index (κ2) is 8.53. The Labute approximate surface area is 161 Å². The molecular weight excluding hydrogens is 336 g/mol. The molecule has 1 atom stereocenters. The van der Waals surface area contributed by atoms with Crippen LogP contribution in [0.15, 0.2) is 48.8 Å². The van der Waals surface area contributed by atoms with Gasteiger partial charge in [-0.15, -0.1) is 0 Å². The first-order chi connectivity index (χ1) is 13.3. The molecule has 2 saturated heterocycles. The van der Waals surface area contributed by atoms with Crippen molar-refractivity contribution in [3.05, 3.63) is 59.9 Å². The number of nitrogens with zero attached hydrogens (tertiary/aromatic N) is 3. The predicted molar refractivity (Wildman–Crippen MR) is 108 cm³/mol. The minimum atomic E-state index is 0.233. The predicted octanol–water partition coefficient (Wildman–Crippen LogP) is 2.12. The van der Waals surface area contributed by atoms with Crippen LogP contribution in [-0.4, -0.2) is 55.1 Å². The smallest absolute Gasteiger partial charge is 0.227 e. The Hall–Kier alpha value is -2.40. The van der Waals surface area contributed by atoms with Gasteiger partial charge in [-0.25, -0.2) is 0 Å². The highest BCUT2D eigenvalue weighted by atomic mass is 16.2. The van der Waals surface area contributed by atoms with Gasteiger partial charge in [-0.05, 0) is 55.1 Å². The summed E-state index contributed by atoms with van der Waals surface area (Å²) < 4.78 is 0. The van der Waals surface area contributed by atoms with Crippen LogP contribution in [0.3, 0.4) is 0 Å². The molecule has 1 amide bonds. The van der Waals surface area contributed by atoms with Crippen LogP contribution in [0.2, 0.25) is 0 Å². The summed E-state index contributed by atoms with van der Waals surface area (Å²) in [5.74, 6) is 0.992. The topological polar surface area (TPSA) is 48.5 Å². The third-order valence-corrected chi connectivity index (χ3v) is 5.73. The molecule has 2 aliphatic rings. The molecule has 1 aromatic carbocycles. The van der Waals surface area contributed by atoms with Gasteiger partial charge < -0.3 is 15.1 Å². The monoisotopic (exact) mass is 364 g/mol. The average molecular weight is 364 g/mol. The van der Waals surface area contributed by atoms with Gasteiger partial charge in [0.1, 0.15) is 0 Å². The highest BCUT2D eigenvalue weighted by molar-refractivity contribution is 5.79. The number of carbonyl (C=O) groups excluding carboxylic acids is 1. The Morgan fingerprint density at radius 3 is 2.37 bits per heavy atom. The van der Waals surface area contributed by atoms with Gasteiger partial charge in [-0.3, -0.25) is 9.78 Å². The van der Waals surface area contributed by atoms with Crippen molar-refractivity contribution in [2.24, 2.45) is 5.92 Å². The lowest BCUT2D eigenvalue weighted by atomic mass is 9.97. The number of hydrogen-bond acceptors (Lipinski definition) is 4. The van der Waals surface area contributed by atoms with Crippen LogP contribution in [0.5, 0.6) is 0 Å². The normalized spacial score (nSPS) is 20.1. The van der Waals surface area contributed by atoms with E-state index in [2.05, 4.69) is 39.5 Å². The number of anilines is 1. The maximum atomic E-state index is 12.7. The number of carbonyl (C=O) groups is 1. The van der Waals surface area contributed by atoms with Crippen LogP contribution < -0.4 is 10.2 Å². The van der Waals surface area contributed by atoms with Gasteiger partial charge in [-0.2, -0.15) is 0 Å². The summed E-state index contributed by atoms with van der Waals surface area (Å²) in [4.78, 5) is 21.0. The SMILES string of the molecule is O=C(Cc1ccc(CC2CCNC2)cc1)N1CCN(c2ccncc2)CC1. The highest BCUT2D eigenvalue weighted by Gasteiger charge is 2.21. The fourth-order valence-corrected chi connectivity index (χ4v) is 4.07. The first-order valence-corrected chi connectivity index (χ1v) is 9.99. The molecule has 5 nitrogen and oxygen atoms in total. The molecule has 0 bridgehead atoms. The molecule has 1 unspecified atom stereocenters. The molecule has 0 saturated carbocycles. The maximum absolute atomic E-state index is 12.7. The Morgan fingerprint density at radius 2 is 1.70 bits per heavy atom. The number of benzene rings is 1. The Bertz CT molecular complexity index is 733. The molecule has 4 rings (SSSR count). The lowest BCUT2D eigenvalue weighted by Crippen LogP contribution is -2.49. The lowest BCUT2D eigenvalue weighted by molar-refractivity contribution is -0.130. The van der Waals surface area contributed by atoms with Gasteiger partial charge >= 0.3 is 0 Å². The number of hydrogen-bond donors (Lipinski definition) is 1. The number of nitrogens with one attached hydrogen (secondary N) is 1. The van der Waals surface area contributed by atoms with Crippen molar-refractivity contribution < 1.29 is 4.79 Å². The third kappa shape index (κ3) is 4.66. The second-order valence-corrected chi connectivity index (χ2v) is 7.63. The van der Waals surface area contributed by atoms with Gasteiger partial charge in [0, 0.05) is 44.3 Å². The van der Waals surface area contributed by atoms with Gasteiger partial charge in [0.2, 0.25) is 5.91 Å². The Kier molecular flexibility index (Phi) is 5.68. The summed E-state index contributed by atoms with van der Waals surface area (Å²) in [6.45, 7) is 5.60. The van der Waals surface area contributed by atoms with Crippen molar-refractivity contribution in [3.63, 3.8) is 0 Å². The number of piperazine rings is 1. The molecular formula is C22H28N4O. The number of aromatic nitrogens is 1. The molecule has 27 heavy (non-hydrogen) atoms. The van der Waals surface area contributed by atoms with E-state index in [-0.39, 0.29) is 5.91 Å². The minimum absolute atomic E-state index is 0.233. The molecule has 0 radical (unpaired) electrons. The summed E-state index contributed by atoms with van der Waals surface area (Å²) in [7, 11) is 0. The molecule has 2 aromatic rings. The summed E-state index contributed by atoms with van der Waals surface area (Å²) in [6, 6.07) is 12.7. The van der Waals surface area contributed by atoms with Crippen LogP contribution in [0.4, 0.5) is 5.69 Å². The van der Waals surface area contributed by atoms with Crippen LogP contribution >= 0.6 is 0 Å². The summed E-state index contributed by atoms with van der Waals surface area (Å²) in [5.41, 5.74) is 3.68. The number of rotatable bonds is 5. The Morgan fingerprint density at radius 1 is 1.00 bits per heavy atom. The van der Waals surface area contributed by atoms with Crippen LogP contribution in [0.1, 0.15) is 17.5 Å². The summed E-state index contributed by atoms with van der Waals surface area (Å²) in [5, 5.41) is 3.42. The molecule has 0 spiro atoms. The third-order valence-electron chi connectivity index (χ3n) is 5.73.